The van der Waals surface area contributed by atoms with E-state index in [2.05, 4.69) is 82.1 Å². The summed E-state index contributed by atoms with van der Waals surface area (Å²) in [5, 5.41) is 11.2. The van der Waals surface area contributed by atoms with E-state index in [9.17, 15) is 5.11 Å². The van der Waals surface area contributed by atoms with Crippen LogP contribution in [-0.4, -0.2) is 28.7 Å². The average Bonchev–Trinajstić information content (AvgIpc) is 3.55. The molecule has 1 fully saturated rings. The molecule has 0 bridgehead atoms. The zero-order valence-electron chi connectivity index (χ0n) is 17.1. The number of rotatable bonds is 9. The minimum atomic E-state index is -0.488. The molecule has 0 radical (unpaired) electrons. The third kappa shape index (κ3) is 7.16. The van der Waals surface area contributed by atoms with E-state index in [4.69, 9.17) is 0 Å². The first-order valence-corrected chi connectivity index (χ1v) is 11.3. The van der Waals surface area contributed by atoms with Crippen molar-refractivity contribution in [1.29, 1.82) is 0 Å². The fraction of sp³-hybridized carbons (Fsp3) is 0.385. The van der Waals surface area contributed by atoms with Crippen LogP contribution in [0.3, 0.4) is 0 Å². The molecule has 0 heterocycles. The zero-order chi connectivity index (χ0) is 20.5. The van der Waals surface area contributed by atoms with Gasteiger partial charge in [0.05, 0.1) is 18.7 Å². The van der Waals surface area contributed by atoms with Gasteiger partial charge in [0.15, 0.2) is 0 Å². The Bertz CT molecular complexity index is 848. The molecule has 2 aromatic rings. The molecule has 0 saturated heterocycles. The Balaban J connectivity index is 1.84. The Labute approximate surface area is 183 Å². The maximum absolute atomic E-state index is 11.2. The first kappa shape index (κ1) is 21.8. The van der Waals surface area contributed by atoms with E-state index >= 15 is 0 Å². The van der Waals surface area contributed by atoms with E-state index in [0.717, 1.165) is 23.0 Å². The van der Waals surface area contributed by atoms with Crippen molar-refractivity contribution < 1.29 is 5.11 Å². The van der Waals surface area contributed by atoms with E-state index < -0.39 is 6.10 Å². The summed E-state index contributed by atoms with van der Waals surface area (Å²) in [6.07, 6.45) is 8.02. The van der Waals surface area contributed by atoms with Crippen LogP contribution in [0.15, 0.2) is 71.2 Å². The number of hydrogen-bond acceptors (Lipinski definition) is 2. The number of allylic oxidation sites excluding steroid dienone is 1. The second-order valence-electron chi connectivity index (χ2n) is 7.67. The van der Waals surface area contributed by atoms with Gasteiger partial charge in [-0.05, 0) is 36.0 Å². The van der Waals surface area contributed by atoms with Crippen molar-refractivity contribution >= 4 is 15.9 Å². The SMILES string of the molecule is CCC#CCN(Cc1ccccc1Br)[C@H](/C=C/C1CC1)[C@@H](O)Cc1ccccc1. The van der Waals surface area contributed by atoms with Crippen molar-refractivity contribution in [2.75, 3.05) is 6.54 Å². The van der Waals surface area contributed by atoms with E-state index in [1.165, 1.54) is 18.4 Å². The number of aliphatic hydroxyl groups is 1. The summed E-state index contributed by atoms with van der Waals surface area (Å²) in [7, 11) is 0. The Morgan fingerprint density at radius 1 is 1.10 bits per heavy atom. The summed E-state index contributed by atoms with van der Waals surface area (Å²) < 4.78 is 1.09. The number of halogens is 1. The van der Waals surface area contributed by atoms with Crippen LogP contribution in [0.5, 0.6) is 0 Å². The van der Waals surface area contributed by atoms with E-state index in [1.807, 2.05) is 24.3 Å². The Hall–Kier alpha value is -1.86. The van der Waals surface area contributed by atoms with Crippen molar-refractivity contribution in [1.82, 2.24) is 4.90 Å². The second-order valence-corrected chi connectivity index (χ2v) is 8.53. The molecule has 1 N–H and O–H groups in total. The molecule has 152 valence electrons. The minimum absolute atomic E-state index is 0.0749. The van der Waals surface area contributed by atoms with Crippen LogP contribution in [0.4, 0.5) is 0 Å². The molecule has 1 aliphatic rings. The first-order chi connectivity index (χ1) is 14.2. The molecule has 3 rings (SSSR count). The molecule has 2 aromatic carbocycles. The summed E-state index contributed by atoms with van der Waals surface area (Å²) >= 11 is 3.68. The Kier molecular flexibility index (Phi) is 8.55. The van der Waals surface area contributed by atoms with Crippen LogP contribution in [0.25, 0.3) is 0 Å². The molecule has 0 aromatic heterocycles. The zero-order valence-corrected chi connectivity index (χ0v) is 18.7. The highest BCUT2D eigenvalue weighted by molar-refractivity contribution is 9.10. The lowest BCUT2D eigenvalue weighted by molar-refractivity contribution is 0.0768. The van der Waals surface area contributed by atoms with Crippen LogP contribution in [0.1, 0.15) is 37.3 Å². The molecule has 29 heavy (non-hydrogen) atoms. The first-order valence-electron chi connectivity index (χ1n) is 10.5. The van der Waals surface area contributed by atoms with Crippen molar-refractivity contribution in [3.63, 3.8) is 0 Å². The topological polar surface area (TPSA) is 23.5 Å². The molecule has 0 amide bonds. The lowest BCUT2D eigenvalue weighted by atomic mass is 9.99. The highest BCUT2D eigenvalue weighted by Crippen LogP contribution is 2.31. The third-order valence-electron chi connectivity index (χ3n) is 5.22. The van der Waals surface area contributed by atoms with Gasteiger partial charge in [0, 0.05) is 23.9 Å². The summed E-state index contributed by atoms with van der Waals surface area (Å²) in [6, 6.07) is 18.5. The van der Waals surface area contributed by atoms with Crippen LogP contribution in [-0.2, 0) is 13.0 Å². The Morgan fingerprint density at radius 3 is 2.52 bits per heavy atom. The van der Waals surface area contributed by atoms with Gasteiger partial charge >= 0.3 is 0 Å². The van der Waals surface area contributed by atoms with Gasteiger partial charge in [-0.3, -0.25) is 4.90 Å². The average molecular weight is 452 g/mol. The van der Waals surface area contributed by atoms with Gasteiger partial charge < -0.3 is 5.11 Å². The summed E-state index contributed by atoms with van der Waals surface area (Å²) in [5.41, 5.74) is 2.37. The summed E-state index contributed by atoms with van der Waals surface area (Å²) in [5.74, 6) is 7.16. The molecular weight excluding hydrogens is 422 g/mol. The van der Waals surface area contributed by atoms with Crippen molar-refractivity contribution in [2.24, 2.45) is 5.92 Å². The lowest BCUT2D eigenvalue weighted by Crippen LogP contribution is -2.43. The predicted octanol–water partition coefficient (Wildman–Crippen LogP) is 5.60. The molecule has 1 saturated carbocycles. The van der Waals surface area contributed by atoms with Crippen LogP contribution in [0, 0.1) is 17.8 Å². The van der Waals surface area contributed by atoms with E-state index in [1.54, 1.807) is 0 Å². The molecule has 0 unspecified atom stereocenters. The summed E-state index contributed by atoms with van der Waals surface area (Å²) in [4.78, 5) is 2.30. The fourth-order valence-corrected chi connectivity index (χ4v) is 3.83. The molecule has 2 nitrogen and oxygen atoms in total. The maximum Gasteiger partial charge on any atom is 0.0771 e. The van der Waals surface area contributed by atoms with Gasteiger partial charge in [0.1, 0.15) is 0 Å². The maximum atomic E-state index is 11.2. The number of aliphatic hydroxyl groups excluding tert-OH is 1. The largest absolute Gasteiger partial charge is 0.391 e. The highest BCUT2D eigenvalue weighted by atomic mass is 79.9. The molecule has 0 aliphatic heterocycles. The third-order valence-corrected chi connectivity index (χ3v) is 5.99. The van der Waals surface area contributed by atoms with Crippen LogP contribution in [0.2, 0.25) is 0 Å². The monoisotopic (exact) mass is 451 g/mol. The van der Waals surface area contributed by atoms with Gasteiger partial charge in [-0.2, -0.15) is 0 Å². The van der Waals surface area contributed by atoms with Crippen molar-refractivity contribution in [3.05, 3.63) is 82.3 Å². The molecule has 2 atom stereocenters. The van der Waals surface area contributed by atoms with E-state index in [-0.39, 0.29) is 6.04 Å². The van der Waals surface area contributed by atoms with Crippen LogP contribution >= 0.6 is 15.9 Å². The molecule has 1 aliphatic carbocycles. The normalized spacial score (nSPS) is 15.9. The molecule has 0 spiro atoms. The van der Waals surface area contributed by atoms with Gasteiger partial charge in [-0.25, -0.2) is 0 Å². The number of hydrogen-bond donors (Lipinski definition) is 1. The van der Waals surface area contributed by atoms with Crippen LogP contribution < -0.4 is 0 Å². The lowest BCUT2D eigenvalue weighted by Gasteiger charge is -2.32. The van der Waals surface area contributed by atoms with Gasteiger partial charge in [0.25, 0.3) is 0 Å². The van der Waals surface area contributed by atoms with E-state index in [0.29, 0.717) is 18.9 Å². The standard InChI is InChI=1S/C26H30BrNO/c1-2-3-9-18-28(20-23-12-7-8-13-24(23)27)25(17-16-21-14-15-21)26(29)19-22-10-5-4-6-11-22/h4-8,10-13,16-17,21,25-26,29H,2,14-15,18-20H2,1H3/b17-16+/t25-,26+/m1/s1. The number of nitrogens with zero attached hydrogens (tertiary/aromatic N) is 1. The van der Waals surface area contributed by atoms with Gasteiger partial charge in [0.2, 0.25) is 0 Å². The molecular formula is C26H30BrNO. The van der Waals surface area contributed by atoms with Crippen molar-refractivity contribution in [3.8, 4) is 11.8 Å². The quantitative estimate of drug-likeness (QED) is 0.395. The van der Waals surface area contributed by atoms with Crippen molar-refractivity contribution in [2.45, 2.75) is 51.3 Å². The number of benzene rings is 2. The second kappa shape index (κ2) is 11.4. The smallest absolute Gasteiger partial charge is 0.0771 e. The Morgan fingerprint density at radius 2 is 1.83 bits per heavy atom. The molecule has 3 heteroatoms. The van der Waals surface area contributed by atoms with Gasteiger partial charge in [-0.1, -0.05) is 89.5 Å². The fourth-order valence-electron chi connectivity index (χ4n) is 3.42. The predicted molar refractivity (Wildman–Crippen MR) is 124 cm³/mol. The minimum Gasteiger partial charge on any atom is -0.391 e. The summed E-state index contributed by atoms with van der Waals surface area (Å²) in [6.45, 7) is 3.45. The van der Waals surface area contributed by atoms with Gasteiger partial charge in [-0.15, -0.1) is 5.92 Å². The highest BCUT2D eigenvalue weighted by Gasteiger charge is 2.26.